The van der Waals surface area contributed by atoms with Gasteiger partial charge in [0.15, 0.2) is 0 Å². The average Bonchev–Trinajstić information content (AvgIpc) is 3.17. The lowest BCUT2D eigenvalue weighted by Crippen LogP contribution is -2.38. The van der Waals surface area contributed by atoms with Crippen LogP contribution in [0.25, 0.3) is 11.0 Å². The molecule has 3 aromatic rings. The Balaban J connectivity index is 1.43. The first-order valence-electron chi connectivity index (χ1n) is 12.1. The van der Waals surface area contributed by atoms with E-state index in [2.05, 4.69) is 22.0 Å². The Morgan fingerprint density at radius 1 is 1.03 bits per heavy atom. The SMILES string of the molecule is CC(C)C(=O)NCCCCCc1nc2ccccc2n1CC(=O)N1CCCc2ccccc21. The van der Waals surface area contributed by atoms with Crippen LogP contribution < -0.4 is 10.2 Å². The zero-order valence-electron chi connectivity index (χ0n) is 19.7. The third-order valence-electron chi connectivity index (χ3n) is 6.34. The topological polar surface area (TPSA) is 67.2 Å². The average molecular weight is 447 g/mol. The Morgan fingerprint density at radius 3 is 2.67 bits per heavy atom. The Bertz CT molecular complexity index is 1120. The fraction of sp³-hybridized carbons (Fsp3) is 0.444. The molecule has 1 aliphatic rings. The third-order valence-corrected chi connectivity index (χ3v) is 6.34. The number of carbonyl (C=O) groups is 2. The lowest BCUT2D eigenvalue weighted by molar-refractivity contribution is -0.124. The molecule has 0 spiro atoms. The summed E-state index contributed by atoms with van der Waals surface area (Å²) in [6.07, 6.45) is 5.76. The number of amides is 2. The number of nitrogens with one attached hydrogen (secondary N) is 1. The molecular weight excluding hydrogens is 412 g/mol. The molecule has 2 aromatic carbocycles. The van der Waals surface area contributed by atoms with Crippen molar-refractivity contribution in [3.8, 4) is 0 Å². The molecule has 0 saturated carbocycles. The number of benzene rings is 2. The fourth-order valence-electron chi connectivity index (χ4n) is 4.51. The first-order valence-corrected chi connectivity index (χ1v) is 12.1. The van der Waals surface area contributed by atoms with Gasteiger partial charge in [-0.25, -0.2) is 4.98 Å². The standard InChI is InChI=1S/C27H34N4O2/c1-20(2)27(33)28-17-9-3-4-16-25-29-22-13-6-8-15-24(22)31(25)19-26(32)30-18-10-12-21-11-5-7-14-23(21)30/h5-8,11,13-15,20H,3-4,9-10,12,16-19H2,1-2H3,(H,28,33). The first kappa shape index (κ1) is 23.0. The van der Waals surface area contributed by atoms with E-state index >= 15 is 0 Å². The second-order valence-corrected chi connectivity index (χ2v) is 9.14. The highest BCUT2D eigenvalue weighted by Crippen LogP contribution is 2.27. The maximum atomic E-state index is 13.4. The van der Waals surface area contributed by atoms with Gasteiger partial charge in [0, 0.05) is 31.1 Å². The molecule has 1 aromatic heterocycles. The van der Waals surface area contributed by atoms with E-state index in [1.54, 1.807) is 0 Å². The molecule has 0 unspecified atom stereocenters. The minimum atomic E-state index is 0.0225. The summed E-state index contributed by atoms with van der Waals surface area (Å²) in [6, 6.07) is 16.3. The van der Waals surface area contributed by atoms with Gasteiger partial charge < -0.3 is 14.8 Å². The monoisotopic (exact) mass is 446 g/mol. The number of unbranched alkanes of at least 4 members (excludes halogenated alkanes) is 2. The van der Waals surface area contributed by atoms with Crippen LogP contribution in [0, 0.1) is 5.92 Å². The summed E-state index contributed by atoms with van der Waals surface area (Å²) in [4.78, 5) is 31.9. The van der Waals surface area contributed by atoms with Gasteiger partial charge in [0.2, 0.25) is 11.8 Å². The number of rotatable bonds is 9. The van der Waals surface area contributed by atoms with Crippen molar-refractivity contribution in [3.05, 3.63) is 59.9 Å². The molecule has 1 aliphatic heterocycles. The van der Waals surface area contributed by atoms with Crippen LogP contribution in [0.1, 0.15) is 50.9 Å². The lowest BCUT2D eigenvalue weighted by Gasteiger charge is -2.29. The minimum absolute atomic E-state index is 0.0225. The molecule has 0 saturated heterocycles. The van der Waals surface area contributed by atoms with Crippen molar-refractivity contribution < 1.29 is 9.59 Å². The van der Waals surface area contributed by atoms with E-state index in [9.17, 15) is 9.59 Å². The van der Waals surface area contributed by atoms with Gasteiger partial charge in [-0.1, -0.05) is 50.6 Å². The number of nitrogens with zero attached hydrogens (tertiary/aromatic N) is 3. The van der Waals surface area contributed by atoms with Gasteiger partial charge in [-0.2, -0.15) is 0 Å². The van der Waals surface area contributed by atoms with E-state index in [1.807, 2.05) is 55.1 Å². The summed E-state index contributed by atoms with van der Waals surface area (Å²) in [7, 11) is 0. The first-order chi connectivity index (χ1) is 16.0. The van der Waals surface area contributed by atoms with Crippen molar-refractivity contribution in [1.29, 1.82) is 0 Å². The normalized spacial score (nSPS) is 13.4. The molecule has 0 radical (unpaired) electrons. The molecule has 2 amide bonds. The van der Waals surface area contributed by atoms with Crippen LogP contribution in [0.2, 0.25) is 0 Å². The Morgan fingerprint density at radius 2 is 1.82 bits per heavy atom. The predicted octanol–water partition coefficient (Wildman–Crippen LogP) is 4.50. The summed E-state index contributed by atoms with van der Waals surface area (Å²) in [6.45, 7) is 5.59. The quantitative estimate of drug-likeness (QED) is 0.492. The zero-order chi connectivity index (χ0) is 23.2. The van der Waals surface area contributed by atoms with Crippen molar-refractivity contribution in [2.45, 2.75) is 58.9 Å². The maximum Gasteiger partial charge on any atom is 0.246 e. The smallest absolute Gasteiger partial charge is 0.246 e. The van der Waals surface area contributed by atoms with Gasteiger partial charge in [0.1, 0.15) is 12.4 Å². The van der Waals surface area contributed by atoms with Crippen molar-refractivity contribution in [3.63, 3.8) is 0 Å². The second-order valence-electron chi connectivity index (χ2n) is 9.14. The van der Waals surface area contributed by atoms with Gasteiger partial charge in [0.25, 0.3) is 0 Å². The van der Waals surface area contributed by atoms with Crippen LogP contribution in [0.15, 0.2) is 48.5 Å². The van der Waals surface area contributed by atoms with Crippen molar-refractivity contribution in [1.82, 2.24) is 14.9 Å². The van der Waals surface area contributed by atoms with Crippen LogP contribution in [-0.2, 0) is 29.0 Å². The molecule has 6 heteroatoms. The molecule has 0 atom stereocenters. The number of para-hydroxylation sites is 3. The van der Waals surface area contributed by atoms with Crippen molar-refractivity contribution >= 4 is 28.5 Å². The van der Waals surface area contributed by atoms with E-state index in [1.165, 1.54) is 5.56 Å². The van der Waals surface area contributed by atoms with Gasteiger partial charge in [-0.3, -0.25) is 9.59 Å². The number of aromatic nitrogens is 2. The van der Waals surface area contributed by atoms with E-state index in [0.717, 1.165) is 67.6 Å². The molecular formula is C27H34N4O2. The van der Waals surface area contributed by atoms with Gasteiger partial charge in [0.05, 0.1) is 11.0 Å². The number of imidazole rings is 1. The molecule has 6 nitrogen and oxygen atoms in total. The summed E-state index contributed by atoms with van der Waals surface area (Å²) in [5.41, 5.74) is 4.24. The van der Waals surface area contributed by atoms with E-state index in [-0.39, 0.29) is 17.7 Å². The number of anilines is 1. The molecule has 2 heterocycles. The molecule has 174 valence electrons. The molecule has 0 fully saturated rings. The third kappa shape index (κ3) is 5.44. The summed E-state index contributed by atoms with van der Waals surface area (Å²) in [5, 5.41) is 2.97. The van der Waals surface area contributed by atoms with E-state index in [0.29, 0.717) is 13.1 Å². The van der Waals surface area contributed by atoms with Crippen LogP contribution in [0.4, 0.5) is 5.69 Å². The van der Waals surface area contributed by atoms with Crippen molar-refractivity contribution in [2.75, 3.05) is 18.0 Å². The molecule has 0 bridgehead atoms. The van der Waals surface area contributed by atoms with Crippen molar-refractivity contribution in [2.24, 2.45) is 5.92 Å². The van der Waals surface area contributed by atoms with Crippen LogP contribution in [-0.4, -0.2) is 34.5 Å². The number of hydrogen-bond acceptors (Lipinski definition) is 3. The fourth-order valence-corrected chi connectivity index (χ4v) is 4.51. The second kappa shape index (κ2) is 10.6. The highest BCUT2D eigenvalue weighted by Gasteiger charge is 2.23. The highest BCUT2D eigenvalue weighted by molar-refractivity contribution is 5.95. The number of fused-ring (bicyclic) bond motifs is 2. The van der Waals surface area contributed by atoms with E-state index < -0.39 is 0 Å². The summed E-state index contributed by atoms with van der Waals surface area (Å²) >= 11 is 0. The highest BCUT2D eigenvalue weighted by atomic mass is 16.2. The van der Waals surface area contributed by atoms with Crippen LogP contribution >= 0.6 is 0 Å². The summed E-state index contributed by atoms with van der Waals surface area (Å²) < 4.78 is 2.09. The largest absolute Gasteiger partial charge is 0.356 e. The zero-order valence-corrected chi connectivity index (χ0v) is 19.7. The van der Waals surface area contributed by atoms with Gasteiger partial charge in [-0.05, 0) is 49.4 Å². The number of hydrogen-bond donors (Lipinski definition) is 1. The Kier molecular flexibility index (Phi) is 7.43. The Labute approximate surface area is 196 Å². The van der Waals surface area contributed by atoms with Crippen LogP contribution in [0.5, 0.6) is 0 Å². The van der Waals surface area contributed by atoms with Crippen LogP contribution in [0.3, 0.4) is 0 Å². The molecule has 1 N–H and O–H groups in total. The molecule has 0 aliphatic carbocycles. The van der Waals surface area contributed by atoms with Gasteiger partial charge in [-0.15, -0.1) is 0 Å². The van der Waals surface area contributed by atoms with Gasteiger partial charge >= 0.3 is 0 Å². The number of carbonyl (C=O) groups excluding carboxylic acids is 2. The van der Waals surface area contributed by atoms with E-state index in [4.69, 9.17) is 4.98 Å². The summed E-state index contributed by atoms with van der Waals surface area (Å²) in [5.74, 6) is 1.20. The maximum absolute atomic E-state index is 13.4. The molecule has 4 rings (SSSR count). The predicted molar refractivity (Wildman–Crippen MR) is 132 cm³/mol. The Hall–Kier alpha value is -3.15. The minimum Gasteiger partial charge on any atom is -0.356 e. The number of aryl methyl sites for hydroxylation is 2. The lowest BCUT2D eigenvalue weighted by atomic mass is 10.0. The molecule has 33 heavy (non-hydrogen) atoms.